The van der Waals surface area contributed by atoms with Crippen molar-refractivity contribution in [3.05, 3.63) is 16.1 Å². The summed E-state index contributed by atoms with van der Waals surface area (Å²) in [5.41, 5.74) is 0.588. The molecule has 116 valence electrons. The van der Waals surface area contributed by atoms with Crippen molar-refractivity contribution in [3.63, 3.8) is 0 Å². The van der Waals surface area contributed by atoms with Gasteiger partial charge in [-0.1, -0.05) is 19.3 Å². The van der Waals surface area contributed by atoms with Crippen molar-refractivity contribution in [2.75, 3.05) is 26.0 Å². The van der Waals surface area contributed by atoms with Crippen molar-refractivity contribution in [1.82, 2.24) is 9.88 Å². The van der Waals surface area contributed by atoms with Crippen LogP contribution >= 0.6 is 23.1 Å². The molecule has 2 fully saturated rings. The first-order valence-electron chi connectivity index (χ1n) is 7.59. The van der Waals surface area contributed by atoms with Gasteiger partial charge in [-0.25, -0.2) is 4.98 Å². The topological polar surface area (TPSA) is 42.4 Å². The molecule has 1 spiro atoms. The van der Waals surface area contributed by atoms with Crippen LogP contribution in [0.4, 0.5) is 0 Å². The summed E-state index contributed by atoms with van der Waals surface area (Å²) in [5, 5.41) is 2.74. The molecule has 1 aromatic rings. The van der Waals surface area contributed by atoms with Crippen LogP contribution in [0.5, 0.6) is 0 Å². The van der Waals surface area contributed by atoms with Crippen molar-refractivity contribution in [2.24, 2.45) is 0 Å². The van der Waals surface area contributed by atoms with Gasteiger partial charge in [-0.2, -0.15) is 11.8 Å². The standard InChI is InChI=1S/C15H22N2O2S2/c1-19-9-13-16-12(10-20-13)14(18)17-7-8-21-15(11-17)5-3-2-4-6-15/h10H,2-9,11H2,1H3. The Morgan fingerprint density at radius 3 is 3.00 bits per heavy atom. The molecule has 4 nitrogen and oxygen atoms in total. The van der Waals surface area contributed by atoms with Crippen LogP contribution in [-0.2, 0) is 11.3 Å². The van der Waals surface area contributed by atoms with Gasteiger partial charge in [0.1, 0.15) is 10.7 Å². The van der Waals surface area contributed by atoms with E-state index in [4.69, 9.17) is 4.74 Å². The zero-order valence-electron chi connectivity index (χ0n) is 12.5. The average molecular weight is 326 g/mol. The summed E-state index contributed by atoms with van der Waals surface area (Å²) >= 11 is 3.59. The van der Waals surface area contributed by atoms with E-state index in [0.717, 1.165) is 23.8 Å². The maximum atomic E-state index is 12.7. The second kappa shape index (κ2) is 6.67. The highest BCUT2D eigenvalue weighted by molar-refractivity contribution is 8.00. The first-order valence-corrected chi connectivity index (χ1v) is 9.46. The molecule has 2 aliphatic rings. The van der Waals surface area contributed by atoms with Crippen LogP contribution in [0.2, 0.25) is 0 Å². The Morgan fingerprint density at radius 1 is 1.43 bits per heavy atom. The predicted octanol–water partition coefficient (Wildman–Crippen LogP) is 3.18. The number of ether oxygens (including phenoxy) is 1. The van der Waals surface area contributed by atoms with Crippen molar-refractivity contribution >= 4 is 29.0 Å². The smallest absolute Gasteiger partial charge is 0.273 e. The Hall–Kier alpha value is -0.590. The van der Waals surface area contributed by atoms with Gasteiger partial charge in [0, 0.05) is 36.1 Å². The molecule has 1 aliphatic carbocycles. The van der Waals surface area contributed by atoms with Gasteiger partial charge in [0.2, 0.25) is 0 Å². The normalized spacial score (nSPS) is 21.7. The fraction of sp³-hybridized carbons (Fsp3) is 0.733. The highest BCUT2D eigenvalue weighted by Crippen LogP contribution is 2.42. The SMILES string of the molecule is COCc1nc(C(=O)N2CCSC3(CCCCC3)C2)cs1. The fourth-order valence-electron chi connectivity index (χ4n) is 3.28. The quantitative estimate of drug-likeness (QED) is 0.855. The Morgan fingerprint density at radius 2 is 2.24 bits per heavy atom. The number of carbonyl (C=O) groups is 1. The number of thioether (sulfide) groups is 1. The van der Waals surface area contributed by atoms with Gasteiger partial charge in [0.25, 0.3) is 5.91 Å². The number of nitrogens with zero attached hydrogens (tertiary/aromatic N) is 2. The van der Waals surface area contributed by atoms with Crippen molar-refractivity contribution < 1.29 is 9.53 Å². The Labute approximate surface area is 134 Å². The van der Waals surface area contributed by atoms with Gasteiger partial charge in [-0.3, -0.25) is 4.79 Å². The molecule has 1 saturated heterocycles. The molecule has 2 heterocycles. The van der Waals surface area contributed by atoms with Gasteiger partial charge in [-0.15, -0.1) is 11.3 Å². The van der Waals surface area contributed by atoms with E-state index in [1.807, 2.05) is 10.3 Å². The molecule has 0 radical (unpaired) electrons. The molecule has 0 bridgehead atoms. The van der Waals surface area contributed by atoms with E-state index in [-0.39, 0.29) is 5.91 Å². The highest BCUT2D eigenvalue weighted by Gasteiger charge is 2.39. The molecule has 0 atom stereocenters. The zero-order valence-corrected chi connectivity index (χ0v) is 14.1. The number of aromatic nitrogens is 1. The molecular weight excluding hydrogens is 304 g/mol. The minimum atomic E-state index is 0.0962. The van der Waals surface area contributed by atoms with Gasteiger partial charge in [-0.05, 0) is 12.8 Å². The molecule has 0 aromatic carbocycles. The number of amides is 1. The molecule has 0 unspecified atom stereocenters. The minimum Gasteiger partial charge on any atom is -0.378 e. The van der Waals surface area contributed by atoms with Crippen LogP contribution in [-0.4, -0.2) is 46.5 Å². The summed E-state index contributed by atoms with van der Waals surface area (Å²) in [5.74, 6) is 1.15. The van der Waals surface area contributed by atoms with E-state index >= 15 is 0 Å². The van der Waals surface area contributed by atoms with E-state index in [0.29, 0.717) is 17.0 Å². The van der Waals surface area contributed by atoms with E-state index < -0.39 is 0 Å². The van der Waals surface area contributed by atoms with Crippen molar-refractivity contribution in [3.8, 4) is 0 Å². The molecule has 1 aliphatic heterocycles. The highest BCUT2D eigenvalue weighted by atomic mass is 32.2. The van der Waals surface area contributed by atoms with Gasteiger partial charge < -0.3 is 9.64 Å². The van der Waals surface area contributed by atoms with Crippen LogP contribution in [0.15, 0.2) is 5.38 Å². The summed E-state index contributed by atoms with van der Waals surface area (Å²) in [7, 11) is 1.65. The summed E-state index contributed by atoms with van der Waals surface area (Å²) in [6.07, 6.45) is 6.48. The molecule has 3 rings (SSSR count). The average Bonchev–Trinajstić information content (AvgIpc) is 2.96. The zero-order chi connectivity index (χ0) is 14.7. The molecule has 0 N–H and O–H groups in total. The molecule has 21 heavy (non-hydrogen) atoms. The number of carbonyl (C=O) groups excluding carboxylic acids is 1. The summed E-state index contributed by atoms with van der Waals surface area (Å²) < 4.78 is 5.39. The third-order valence-corrected chi connectivity index (χ3v) is 6.70. The number of methoxy groups -OCH3 is 1. The summed E-state index contributed by atoms with van der Waals surface area (Å²) in [6, 6.07) is 0. The Balaban J connectivity index is 1.68. The van der Waals surface area contributed by atoms with Crippen molar-refractivity contribution in [1.29, 1.82) is 0 Å². The first-order chi connectivity index (χ1) is 10.2. The lowest BCUT2D eigenvalue weighted by Crippen LogP contribution is -2.50. The summed E-state index contributed by atoms with van der Waals surface area (Å²) in [6.45, 7) is 2.23. The van der Waals surface area contributed by atoms with Crippen LogP contribution in [0.3, 0.4) is 0 Å². The van der Waals surface area contributed by atoms with E-state index in [2.05, 4.69) is 16.7 Å². The maximum absolute atomic E-state index is 12.7. The third-order valence-electron chi connectivity index (χ3n) is 4.34. The maximum Gasteiger partial charge on any atom is 0.273 e. The lowest BCUT2D eigenvalue weighted by atomic mass is 9.87. The van der Waals surface area contributed by atoms with E-state index in [9.17, 15) is 4.79 Å². The van der Waals surface area contributed by atoms with Gasteiger partial charge in [0.15, 0.2) is 0 Å². The van der Waals surface area contributed by atoms with Crippen molar-refractivity contribution in [2.45, 2.75) is 43.5 Å². The van der Waals surface area contributed by atoms with Gasteiger partial charge >= 0.3 is 0 Å². The van der Waals surface area contributed by atoms with E-state index in [1.54, 1.807) is 7.11 Å². The van der Waals surface area contributed by atoms with Crippen LogP contribution in [0.25, 0.3) is 0 Å². The predicted molar refractivity (Wildman–Crippen MR) is 87.0 cm³/mol. The van der Waals surface area contributed by atoms with Crippen LogP contribution < -0.4 is 0 Å². The number of thiazole rings is 1. The summed E-state index contributed by atoms with van der Waals surface area (Å²) in [4.78, 5) is 19.1. The second-order valence-electron chi connectivity index (χ2n) is 5.88. The molecular formula is C15H22N2O2S2. The first kappa shape index (κ1) is 15.3. The lowest BCUT2D eigenvalue weighted by Gasteiger charge is -2.44. The van der Waals surface area contributed by atoms with Gasteiger partial charge in [0.05, 0.1) is 6.61 Å². The fourth-order valence-corrected chi connectivity index (χ4v) is 5.58. The molecule has 6 heteroatoms. The van der Waals surface area contributed by atoms with Crippen LogP contribution in [0, 0.1) is 0 Å². The number of rotatable bonds is 3. The number of hydrogen-bond acceptors (Lipinski definition) is 5. The minimum absolute atomic E-state index is 0.0962. The third kappa shape index (κ3) is 3.43. The molecule has 1 saturated carbocycles. The molecule has 1 amide bonds. The van der Waals surface area contributed by atoms with E-state index in [1.165, 1.54) is 43.4 Å². The lowest BCUT2D eigenvalue weighted by molar-refractivity contribution is 0.0724. The molecule has 1 aromatic heterocycles. The monoisotopic (exact) mass is 326 g/mol. The number of hydrogen-bond donors (Lipinski definition) is 0. The second-order valence-corrected chi connectivity index (χ2v) is 8.38. The Kier molecular flexibility index (Phi) is 4.86. The van der Waals surface area contributed by atoms with Crippen LogP contribution in [0.1, 0.15) is 47.6 Å². The Bertz CT molecular complexity index is 492. The largest absolute Gasteiger partial charge is 0.378 e.